The molecular formula is C16H22ClNO2. The zero-order chi connectivity index (χ0) is 13.8. The van der Waals surface area contributed by atoms with Crippen molar-refractivity contribution >= 4 is 11.6 Å². The number of halogens is 1. The lowest BCUT2D eigenvalue weighted by atomic mass is 9.85. The van der Waals surface area contributed by atoms with E-state index < -0.39 is 0 Å². The van der Waals surface area contributed by atoms with E-state index in [0.29, 0.717) is 16.9 Å². The van der Waals surface area contributed by atoms with Crippen molar-refractivity contribution in [2.24, 2.45) is 11.8 Å². The monoisotopic (exact) mass is 295 g/mol. The van der Waals surface area contributed by atoms with Gasteiger partial charge < -0.3 is 14.8 Å². The lowest BCUT2D eigenvalue weighted by Gasteiger charge is -2.34. The fourth-order valence-electron chi connectivity index (χ4n) is 3.27. The highest BCUT2D eigenvalue weighted by atomic mass is 35.5. The van der Waals surface area contributed by atoms with Gasteiger partial charge in [-0.1, -0.05) is 23.7 Å². The van der Waals surface area contributed by atoms with Crippen LogP contribution in [0.15, 0.2) is 24.3 Å². The van der Waals surface area contributed by atoms with Crippen LogP contribution < -0.4 is 10.1 Å². The van der Waals surface area contributed by atoms with Crippen LogP contribution >= 0.6 is 11.6 Å². The third-order valence-electron chi connectivity index (χ3n) is 4.39. The number of ether oxygens (including phenoxy) is 2. The zero-order valence-electron chi connectivity index (χ0n) is 11.7. The minimum absolute atomic E-state index is 0.244. The van der Waals surface area contributed by atoms with E-state index in [1.165, 1.54) is 6.42 Å². The molecule has 2 atom stereocenters. The number of hydrogen-bond acceptors (Lipinski definition) is 3. The van der Waals surface area contributed by atoms with Crippen LogP contribution in [0.4, 0.5) is 0 Å². The van der Waals surface area contributed by atoms with Crippen LogP contribution in [0, 0.1) is 11.8 Å². The summed E-state index contributed by atoms with van der Waals surface area (Å²) in [6.07, 6.45) is 3.61. The molecule has 1 unspecified atom stereocenters. The smallest absolute Gasteiger partial charge is 0.138 e. The number of hydrogen-bond donors (Lipinski definition) is 1. The molecule has 2 aliphatic heterocycles. The van der Waals surface area contributed by atoms with E-state index in [9.17, 15) is 0 Å². The fourth-order valence-corrected chi connectivity index (χ4v) is 3.45. The molecule has 110 valence electrons. The van der Waals surface area contributed by atoms with E-state index in [1.807, 2.05) is 24.3 Å². The van der Waals surface area contributed by atoms with Crippen molar-refractivity contribution in [3.8, 4) is 5.75 Å². The first-order chi connectivity index (χ1) is 9.84. The first kappa shape index (κ1) is 14.2. The molecule has 1 aromatic rings. The van der Waals surface area contributed by atoms with Crippen molar-refractivity contribution in [1.29, 1.82) is 0 Å². The maximum Gasteiger partial charge on any atom is 0.138 e. The molecule has 0 bridgehead atoms. The van der Waals surface area contributed by atoms with E-state index in [-0.39, 0.29) is 6.10 Å². The van der Waals surface area contributed by atoms with Crippen LogP contribution in [0.3, 0.4) is 0 Å². The molecule has 0 amide bonds. The predicted molar refractivity (Wildman–Crippen MR) is 80.4 cm³/mol. The molecular weight excluding hydrogens is 274 g/mol. The Bertz CT molecular complexity index is 428. The Hall–Kier alpha value is -0.770. The molecule has 20 heavy (non-hydrogen) atoms. The van der Waals surface area contributed by atoms with Gasteiger partial charge in [0.1, 0.15) is 11.9 Å². The molecule has 2 saturated heterocycles. The Morgan fingerprint density at radius 1 is 1.15 bits per heavy atom. The van der Waals surface area contributed by atoms with Gasteiger partial charge >= 0.3 is 0 Å². The van der Waals surface area contributed by atoms with E-state index in [0.717, 1.165) is 44.9 Å². The second-order valence-corrected chi connectivity index (χ2v) is 6.12. The lowest BCUT2D eigenvalue weighted by molar-refractivity contribution is -0.00129. The largest absolute Gasteiger partial charge is 0.488 e. The van der Waals surface area contributed by atoms with E-state index in [1.54, 1.807) is 0 Å². The van der Waals surface area contributed by atoms with Crippen LogP contribution in [0.5, 0.6) is 5.75 Å². The third kappa shape index (κ3) is 3.27. The highest BCUT2D eigenvalue weighted by Gasteiger charge is 2.34. The summed E-state index contributed by atoms with van der Waals surface area (Å²) >= 11 is 6.25. The summed E-state index contributed by atoms with van der Waals surface area (Å²) in [5, 5.41) is 4.15. The van der Waals surface area contributed by atoms with Crippen molar-refractivity contribution in [3.05, 3.63) is 29.3 Å². The molecule has 3 rings (SSSR count). The molecule has 1 aromatic carbocycles. The fraction of sp³-hybridized carbons (Fsp3) is 0.625. The average molecular weight is 296 g/mol. The van der Waals surface area contributed by atoms with Crippen molar-refractivity contribution in [3.63, 3.8) is 0 Å². The van der Waals surface area contributed by atoms with Gasteiger partial charge in [-0.3, -0.25) is 0 Å². The molecule has 2 aliphatic rings. The molecule has 2 fully saturated rings. The highest BCUT2D eigenvalue weighted by Crippen LogP contribution is 2.33. The van der Waals surface area contributed by atoms with Crippen molar-refractivity contribution in [1.82, 2.24) is 5.32 Å². The molecule has 0 aromatic heterocycles. The SMILES string of the molecule is Clc1ccccc1OC(C1CCOCC1)[C@@H]1CCNC1. The van der Waals surface area contributed by atoms with Gasteiger partial charge in [0.05, 0.1) is 5.02 Å². The van der Waals surface area contributed by atoms with Crippen molar-refractivity contribution in [2.45, 2.75) is 25.4 Å². The first-order valence-electron chi connectivity index (χ1n) is 7.54. The van der Waals surface area contributed by atoms with E-state index in [2.05, 4.69) is 5.32 Å². The molecule has 0 aliphatic carbocycles. The van der Waals surface area contributed by atoms with Crippen LogP contribution in [-0.4, -0.2) is 32.4 Å². The molecule has 2 heterocycles. The van der Waals surface area contributed by atoms with Crippen LogP contribution in [-0.2, 0) is 4.74 Å². The standard InChI is InChI=1S/C16H22ClNO2/c17-14-3-1-2-4-15(14)20-16(13-5-8-18-11-13)12-6-9-19-10-7-12/h1-4,12-13,16,18H,5-11H2/t13-,16?/m1/s1. The number of benzene rings is 1. The maximum absolute atomic E-state index is 6.34. The Morgan fingerprint density at radius 3 is 2.65 bits per heavy atom. The summed E-state index contributed by atoms with van der Waals surface area (Å²) in [5.74, 6) is 1.97. The summed E-state index contributed by atoms with van der Waals surface area (Å²) in [5.41, 5.74) is 0. The van der Waals surface area contributed by atoms with Gasteiger partial charge in [-0.15, -0.1) is 0 Å². The lowest BCUT2D eigenvalue weighted by Crippen LogP contribution is -2.39. The highest BCUT2D eigenvalue weighted by molar-refractivity contribution is 6.32. The van der Waals surface area contributed by atoms with E-state index in [4.69, 9.17) is 21.1 Å². The Morgan fingerprint density at radius 2 is 1.95 bits per heavy atom. The van der Waals surface area contributed by atoms with Crippen molar-refractivity contribution in [2.75, 3.05) is 26.3 Å². The molecule has 0 saturated carbocycles. The Kier molecular flexibility index (Phi) is 4.81. The molecule has 3 nitrogen and oxygen atoms in total. The zero-order valence-corrected chi connectivity index (χ0v) is 12.4. The van der Waals surface area contributed by atoms with Gasteiger partial charge in [0.2, 0.25) is 0 Å². The molecule has 4 heteroatoms. The average Bonchev–Trinajstić information content (AvgIpc) is 3.01. The van der Waals surface area contributed by atoms with Gasteiger partial charge in [-0.2, -0.15) is 0 Å². The summed E-state index contributed by atoms with van der Waals surface area (Å²) in [4.78, 5) is 0. The summed E-state index contributed by atoms with van der Waals surface area (Å²) < 4.78 is 11.8. The van der Waals surface area contributed by atoms with Crippen LogP contribution in [0.2, 0.25) is 5.02 Å². The number of para-hydroxylation sites is 1. The Labute approximate surface area is 125 Å². The summed E-state index contributed by atoms with van der Waals surface area (Å²) in [7, 11) is 0. The third-order valence-corrected chi connectivity index (χ3v) is 4.71. The number of rotatable bonds is 4. The van der Waals surface area contributed by atoms with Crippen LogP contribution in [0.1, 0.15) is 19.3 Å². The van der Waals surface area contributed by atoms with Gasteiger partial charge in [0.15, 0.2) is 0 Å². The molecule has 0 radical (unpaired) electrons. The van der Waals surface area contributed by atoms with Crippen LogP contribution in [0.25, 0.3) is 0 Å². The normalized spacial score (nSPS) is 25.6. The van der Waals surface area contributed by atoms with Gasteiger partial charge in [0, 0.05) is 31.6 Å². The first-order valence-corrected chi connectivity index (χ1v) is 7.92. The predicted octanol–water partition coefficient (Wildman–Crippen LogP) is 3.12. The topological polar surface area (TPSA) is 30.5 Å². The van der Waals surface area contributed by atoms with Gasteiger partial charge in [-0.05, 0) is 37.9 Å². The minimum atomic E-state index is 0.244. The van der Waals surface area contributed by atoms with Gasteiger partial charge in [0.25, 0.3) is 0 Å². The maximum atomic E-state index is 6.34. The Balaban J connectivity index is 1.75. The second-order valence-electron chi connectivity index (χ2n) is 5.72. The number of nitrogens with one attached hydrogen (secondary N) is 1. The second kappa shape index (κ2) is 6.79. The van der Waals surface area contributed by atoms with Gasteiger partial charge in [-0.25, -0.2) is 0 Å². The summed E-state index contributed by atoms with van der Waals surface area (Å²) in [6, 6.07) is 7.78. The quantitative estimate of drug-likeness (QED) is 0.926. The molecule has 0 spiro atoms. The minimum Gasteiger partial charge on any atom is -0.488 e. The van der Waals surface area contributed by atoms with Crippen molar-refractivity contribution < 1.29 is 9.47 Å². The van der Waals surface area contributed by atoms with E-state index >= 15 is 0 Å². The summed E-state index contributed by atoms with van der Waals surface area (Å²) in [6.45, 7) is 3.85. The molecule has 1 N–H and O–H groups in total.